The average Bonchev–Trinajstić information content (AvgIpc) is 2.71. The van der Waals surface area contributed by atoms with E-state index in [9.17, 15) is 0 Å². The van der Waals surface area contributed by atoms with Gasteiger partial charge in [-0.25, -0.2) is 0 Å². The monoisotopic (exact) mass is 230 g/mol. The fourth-order valence-corrected chi connectivity index (χ4v) is 3.17. The largest absolute Gasteiger partial charge is 0.316 e. The maximum Gasteiger partial charge on any atom is 0.0240 e. The summed E-state index contributed by atoms with van der Waals surface area (Å²) in [6.07, 6.45) is 2.75. The van der Waals surface area contributed by atoms with Crippen molar-refractivity contribution in [1.82, 2.24) is 10.2 Å². The number of hydrogen-bond acceptors (Lipinski definition) is 2. The van der Waals surface area contributed by atoms with Crippen molar-refractivity contribution in [2.75, 3.05) is 19.6 Å². The summed E-state index contributed by atoms with van der Waals surface area (Å²) in [4.78, 5) is 2.61. The van der Waals surface area contributed by atoms with E-state index in [1.165, 1.54) is 38.0 Å². The molecule has 1 fully saturated rings. The number of fused-ring (bicyclic) bond motifs is 1. The molecule has 0 aliphatic carbocycles. The normalized spacial score (nSPS) is 24.9. The second kappa shape index (κ2) is 4.79. The van der Waals surface area contributed by atoms with Crippen LogP contribution in [-0.2, 0) is 13.1 Å². The van der Waals surface area contributed by atoms with Crippen LogP contribution in [0.15, 0.2) is 18.2 Å². The first-order valence-electron chi connectivity index (χ1n) is 6.83. The summed E-state index contributed by atoms with van der Waals surface area (Å²) < 4.78 is 0. The van der Waals surface area contributed by atoms with Crippen LogP contribution in [0.1, 0.15) is 29.5 Å². The van der Waals surface area contributed by atoms with E-state index in [0.29, 0.717) is 0 Å². The average molecular weight is 230 g/mol. The topological polar surface area (TPSA) is 15.3 Å². The maximum atomic E-state index is 3.51. The number of rotatable bonds is 2. The zero-order valence-electron chi connectivity index (χ0n) is 10.7. The Kier molecular flexibility index (Phi) is 3.17. The van der Waals surface area contributed by atoms with Crippen LogP contribution in [-0.4, -0.2) is 24.5 Å². The van der Waals surface area contributed by atoms with Gasteiger partial charge in [0, 0.05) is 19.6 Å². The molecular formula is C15H22N2. The lowest BCUT2D eigenvalue weighted by Crippen LogP contribution is -2.36. The number of nitrogens with one attached hydrogen (secondary N) is 1. The predicted molar refractivity (Wildman–Crippen MR) is 70.9 cm³/mol. The van der Waals surface area contributed by atoms with Crippen molar-refractivity contribution in [3.8, 4) is 0 Å². The highest BCUT2D eigenvalue weighted by molar-refractivity contribution is 5.34. The molecule has 0 bridgehead atoms. The quantitative estimate of drug-likeness (QED) is 0.838. The van der Waals surface area contributed by atoms with Crippen molar-refractivity contribution < 1.29 is 0 Å². The maximum absolute atomic E-state index is 3.51. The Morgan fingerprint density at radius 3 is 3.00 bits per heavy atom. The summed E-state index contributed by atoms with van der Waals surface area (Å²) >= 11 is 0. The van der Waals surface area contributed by atoms with Crippen LogP contribution in [0.25, 0.3) is 0 Å². The number of aryl methyl sites for hydroxylation is 1. The second-order valence-electron chi connectivity index (χ2n) is 5.65. The van der Waals surface area contributed by atoms with E-state index in [2.05, 4.69) is 35.3 Å². The standard InChI is InChI=1S/C15H22N2/c1-12-4-5-14-10-17(11-15(14)7-12)9-13-3-2-6-16-8-13/h4-5,7,13,16H,2-3,6,8-11H2,1H3. The summed E-state index contributed by atoms with van der Waals surface area (Å²) in [6.45, 7) is 8.20. The van der Waals surface area contributed by atoms with Crippen LogP contribution in [0.3, 0.4) is 0 Å². The highest BCUT2D eigenvalue weighted by Gasteiger charge is 2.22. The van der Waals surface area contributed by atoms with Crippen LogP contribution in [0.2, 0.25) is 0 Å². The van der Waals surface area contributed by atoms with E-state index in [1.54, 1.807) is 11.1 Å². The van der Waals surface area contributed by atoms with E-state index < -0.39 is 0 Å². The van der Waals surface area contributed by atoms with Crippen LogP contribution < -0.4 is 5.32 Å². The minimum Gasteiger partial charge on any atom is -0.316 e. The van der Waals surface area contributed by atoms with Gasteiger partial charge in [0.15, 0.2) is 0 Å². The number of nitrogens with zero attached hydrogens (tertiary/aromatic N) is 1. The third-order valence-electron chi connectivity index (χ3n) is 4.07. The second-order valence-corrected chi connectivity index (χ2v) is 5.65. The summed E-state index contributed by atoms with van der Waals surface area (Å²) in [5.41, 5.74) is 4.48. The van der Waals surface area contributed by atoms with E-state index >= 15 is 0 Å². The van der Waals surface area contributed by atoms with E-state index in [1.807, 2.05) is 0 Å². The van der Waals surface area contributed by atoms with Gasteiger partial charge in [0.1, 0.15) is 0 Å². The Morgan fingerprint density at radius 2 is 2.18 bits per heavy atom. The predicted octanol–water partition coefficient (Wildman–Crippen LogP) is 2.31. The van der Waals surface area contributed by atoms with Crippen molar-refractivity contribution in [2.24, 2.45) is 5.92 Å². The van der Waals surface area contributed by atoms with Gasteiger partial charge in [-0.1, -0.05) is 23.8 Å². The Balaban J connectivity index is 1.61. The molecule has 92 valence electrons. The fourth-order valence-electron chi connectivity index (χ4n) is 3.17. The Bertz CT molecular complexity index is 394. The lowest BCUT2D eigenvalue weighted by atomic mass is 9.99. The van der Waals surface area contributed by atoms with Gasteiger partial charge in [-0.3, -0.25) is 4.90 Å². The van der Waals surface area contributed by atoms with Gasteiger partial charge < -0.3 is 5.32 Å². The highest BCUT2D eigenvalue weighted by Crippen LogP contribution is 2.25. The number of benzene rings is 1. The first-order valence-corrected chi connectivity index (χ1v) is 6.83. The van der Waals surface area contributed by atoms with Crippen LogP contribution in [0.5, 0.6) is 0 Å². The molecule has 2 heteroatoms. The smallest absolute Gasteiger partial charge is 0.0240 e. The lowest BCUT2D eigenvalue weighted by molar-refractivity contribution is 0.211. The van der Waals surface area contributed by atoms with E-state index in [-0.39, 0.29) is 0 Å². The molecule has 0 amide bonds. The molecule has 1 aromatic rings. The van der Waals surface area contributed by atoms with Crippen LogP contribution >= 0.6 is 0 Å². The molecule has 17 heavy (non-hydrogen) atoms. The molecule has 1 N–H and O–H groups in total. The molecule has 0 aromatic heterocycles. The zero-order chi connectivity index (χ0) is 11.7. The molecule has 3 rings (SSSR count). The molecule has 0 saturated carbocycles. The molecule has 2 nitrogen and oxygen atoms in total. The first kappa shape index (κ1) is 11.2. The third-order valence-corrected chi connectivity index (χ3v) is 4.07. The summed E-state index contributed by atoms with van der Waals surface area (Å²) in [5.74, 6) is 0.860. The van der Waals surface area contributed by atoms with Crippen molar-refractivity contribution >= 4 is 0 Å². The molecule has 2 aliphatic rings. The fraction of sp³-hybridized carbons (Fsp3) is 0.600. The van der Waals surface area contributed by atoms with Gasteiger partial charge in [-0.05, 0) is 49.9 Å². The van der Waals surface area contributed by atoms with Crippen LogP contribution in [0.4, 0.5) is 0 Å². The molecule has 1 atom stereocenters. The summed E-state index contributed by atoms with van der Waals surface area (Å²) in [6, 6.07) is 6.91. The van der Waals surface area contributed by atoms with Crippen LogP contribution in [0, 0.1) is 12.8 Å². The van der Waals surface area contributed by atoms with Gasteiger partial charge in [-0.2, -0.15) is 0 Å². The SMILES string of the molecule is Cc1ccc2c(c1)CN(CC1CCCNC1)C2. The number of piperidine rings is 1. The Labute approximate surface area is 104 Å². The lowest BCUT2D eigenvalue weighted by Gasteiger charge is -2.27. The van der Waals surface area contributed by atoms with Gasteiger partial charge in [0.25, 0.3) is 0 Å². The van der Waals surface area contributed by atoms with E-state index in [0.717, 1.165) is 19.0 Å². The highest BCUT2D eigenvalue weighted by atomic mass is 15.1. The van der Waals surface area contributed by atoms with Gasteiger partial charge in [0.05, 0.1) is 0 Å². The van der Waals surface area contributed by atoms with Crippen molar-refractivity contribution in [1.29, 1.82) is 0 Å². The molecule has 1 saturated heterocycles. The van der Waals surface area contributed by atoms with Crippen molar-refractivity contribution in [3.05, 3.63) is 34.9 Å². The summed E-state index contributed by atoms with van der Waals surface area (Å²) in [7, 11) is 0. The molecule has 2 aliphatic heterocycles. The minimum absolute atomic E-state index is 0.860. The van der Waals surface area contributed by atoms with E-state index in [4.69, 9.17) is 0 Å². The van der Waals surface area contributed by atoms with Gasteiger partial charge in [0.2, 0.25) is 0 Å². The molecular weight excluding hydrogens is 208 g/mol. The molecule has 2 heterocycles. The van der Waals surface area contributed by atoms with Crippen molar-refractivity contribution in [2.45, 2.75) is 32.9 Å². The summed E-state index contributed by atoms with van der Waals surface area (Å²) in [5, 5.41) is 3.51. The molecule has 0 radical (unpaired) electrons. The number of hydrogen-bond donors (Lipinski definition) is 1. The van der Waals surface area contributed by atoms with Gasteiger partial charge >= 0.3 is 0 Å². The Hall–Kier alpha value is -0.860. The van der Waals surface area contributed by atoms with Crippen molar-refractivity contribution in [3.63, 3.8) is 0 Å². The zero-order valence-corrected chi connectivity index (χ0v) is 10.7. The van der Waals surface area contributed by atoms with Gasteiger partial charge in [-0.15, -0.1) is 0 Å². The molecule has 1 unspecified atom stereocenters. The Morgan fingerprint density at radius 1 is 1.29 bits per heavy atom. The molecule has 0 spiro atoms. The minimum atomic E-state index is 0.860. The third kappa shape index (κ3) is 2.53. The first-order chi connectivity index (χ1) is 8.31. The molecule has 1 aromatic carbocycles.